The zero-order chi connectivity index (χ0) is 22.8. The molecule has 0 N–H and O–H groups in total. The molecule has 0 aromatic heterocycles. The molecule has 0 bridgehead atoms. The van der Waals surface area contributed by atoms with E-state index in [1.54, 1.807) is 12.1 Å². The maximum atomic E-state index is 13.5. The Morgan fingerprint density at radius 1 is 1.12 bits per heavy atom. The standard InChI is InChI=1S/C26H33N3O3/c1-17-10-11-21(18(2)12-17)23-13-24(22-8-6-7-9-25(22)31-5)29(27-23)26(30)16-28-14-19(3)32-20(4)15-28/h6-12,19-20,24H,13-16H2,1-5H3. The number of amides is 1. The lowest BCUT2D eigenvalue weighted by Gasteiger charge is -2.35. The Morgan fingerprint density at radius 3 is 2.53 bits per heavy atom. The molecule has 2 aromatic carbocycles. The van der Waals surface area contributed by atoms with Gasteiger partial charge in [0.2, 0.25) is 0 Å². The SMILES string of the molecule is COc1ccccc1C1CC(c2ccc(C)cc2C)=NN1C(=O)CN1CC(C)OC(C)C1. The third kappa shape index (κ3) is 4.71. The molecule has 1 fully saturated rings. The summed E-state index contributed by atoms with van der Waals surface area (Å²) in [4.78, 5) is 15.7. The molecule has 0 saturated carbocycles. The predicted molar refractivity (Wildman–Crippen MR) is 126 cm³/mol. The fraction of sp³-hybridized carbons (Fsp3) is 0.462. The van der Waals surface area contributed by atoms with Crippen LogP contribution in [0.3, 0.4) is 0 Å². The van der Waals surface area contributed by atoms with Crippen molar-refractivity contribution in [2.75, 3.05) is 26.7 Å². The summed E-state index contributed by atoms with van der Waals surface area (Å²) in [6.07, 6.45) is 0.889. The molecule has 2 aromatic rings. The van der Waals surface area contributed by atoms with Crippen molar-refractivity contribution in [1.29, 1.82) is 0 Å². The third-order valence-electron chi connectivity index (χ3n) is 6.21. The molecule has 1 saturated heterocycles. The molecule has 6 nitrogen and oxygen atoms in total. The average Bonchev–Trinajstić information content (AvgIpc) is 3.18. The molecule has 3 unspecified atom stereocenters. The van der Waals surface area contributed by atoms with Crippen LogP contribution in [0.1, 0.15) is 48.6 Å². The van der Waals surface area contributed by atoms with Gasteiger partial charge in [0.1, 0.15) is 5.75 Å². The van der Waals surface area contributed by atoms with Gasteiger partial charge in [-0.2, -0.15) is 5.10 Å². The smallest absolute Gasteiger partial charge is 0.257 e. The van der Waals surface area contributed by atoms with Crippen LogP contribution in [0.5, 0.6) is 5.75 Å². The van der Waals surface area contributed by atoms with E-state index < -0.39 is 0 Å². The number of nitrogens with zero attached hydrogens (tertiary/aromatic N) is 3. The van der Waals surface area contributed by atoms with Crippen LogP contribution in [0.15, 0.2) is 47.6 Å². The second-order valence-corrected chi connectivity index (χ2v) is 9.02. The number of aryl methyl sites for hydroxylation is 2. The Morgan fingerprint density at radius 2 is 1.84 bits per heavy atom. The van der Waals surface area contributed by atoms with Gasteiger partial charge < -0.3 is 9.47 Å². The van der Waals surface area contributed by atoms with Crippen molar-refractivity contribution in [3.05, 3.63) is 64.7 Å². The predicted octanol–water partition coefficient (Wildman–Crippen LogP) is 4.10. The van der Waals surface area contributed by atoms with Crippen LogP contribution in [0.25, 0.3) is 0 Å². The number of benzene rings is 2. The summed E-state index contributed by atoms with van der Waals surface area (Å²) in [5, 5.41) is 6.55. The van der Waals surface area contributed by atoms with Crippen molar-refractivity contribution >= 4 is 11.6 Å². The van der Waals surface area contributed by atoms with Crippen molar-refractivity contribution in [3.8, 4) is 5.75 Å². The van der Waals surface area contributed by atoms with E-state index in [-0.39, 0.29) is 24.2 Å². The minimum Gasteiger partial charge on any atom is -0.496 e. The molecule has 2 aliphatic heterocycles. The van der Waals surface area contributed by atoms with Crippen LogP contribution in [0, 0.1) is 13.8 Å². The Balaban J connectivity index is 1.65. The molecular weight excluding hydrogens is 402 g/mol. The van der Waals surface area contributed by atoms with Crippen LogP contribution >= 0.6 is 0 Å². The molecule has 0 radical (unpaired) electrons. The minimum atomic E-state index is -0.190. The highest BCUT2D eigenvalue weighted by atomic mass is 16.5. The Labute approximate surface area is 190 Å². The van der Waals surface area contributed by atoms with Gasteiger partial charge >= 0.3 is 0 Å². The fourth-order valence-corrected chi connectivity index (χ4v) is 4.90. The second kappa shape index (κ2) is 9.43. The normalized spacial score (nSPS) is 23.8. The highest BCUT2D eigenvalue weighted by Crippen LogP contribution is 2.38. The third-order valence-corrected chi connectivity index (χ3v) is 6.21. The quantitative estimate of drug-likeness (QED) is 0.710. The first kappa shape index (κ1) is 22.5. The van der Waals surface area contributed by atoms with Crippen LogP contribution in [-0.4, -0.2) is 60.5 Å². The first-order valence-electron chi connectivity index (χ1n) is 11.3. The van der Waals surface area contributed by atoms with E-state index in [9.17, 15) is 4.79 Å². The number of para-hydroxylation sites is 1. The van der Waals surface area contributed by atoms with E-state index in [0.29, 0.717) is 13.0 Å². The molecule has 1 amide bonds. The molecule has 2 aliphatic rings. The minimum absolute atomic E-state index is 0.00182. The van der Waals surface area contributed by atoms with Crippen molar-refractivity contribution in [3.63, 3.8) is 0 Å². The molecule has 32 heavy (non-hydrogen) atoms. The lowest BCUT2D eigenvalue weighted by molar-refractivity contribution is -0.137. The maximum Gasteiger partial charge on any atom is 0.257 e. The largest absolute Gasteiger partial charge is 0.496 e. The number of hydrogen-bond donors (Lipinski definition) is 0. The van der Waals surface area contributed by atoms with E-state index >= 15 is 0 Å². The Bertz CT molecular complexity index is 1010. The first-order chi connectivity index (χ1) is 15.4. The number of carbonyl (C=O) groups is 1. The van der Waals surface area contributed by atoms with Gasteiger partial charge in [-0.05, 0) is 39.3 Å². The van der Waals surface area contributed by atoms with E-state index in [4.69, 9.17) is 14.6 Å². The lowest BCUT2D eigenvalue weighted by Crippen LogP contribution is -2.49. The fourth-order valence-electron chi connectivity index (χ4n) is 4.90. The van der Waals surface area contributed by atoms with E-state index in [2.05, 4.69) is 50.8 Å². The summed E-state index contributed by atoms with van der Waals surface area (Å²) in [5.74, 6) is 0.781. The highest BCUT2D eigenvalue weighted by molar-refractivity contribution is 6.04. The molecule has 170 valence electrons. The summed E-state index contributed by atoms with van der Waals surface area (Å²) >= 11 is 0. The zero-order valence-corrected chi connectivity index (χ0v) is 19.7. The van der Waals surface area contributed by atoms with Gasteiger partial charge in [-0.3, -0.25) is 9.69 Å². The van der Waals surface area contributed by atoms with Crippen LogP contribution in [0.4, 0.5) is 0 Å². The average molecular weight is 436 g/mol. The summed E-state index contributed by atoms with van der Waals surface area (Å²) in [7, 11) is 1.67. The van der Waals surface area contributed by atoms with Gasteiger partial charge in [-0.1, -0.05) is 42.0 Å². The van der Waals surface area contributed by atoms with E-state index in [0.717, 1.165) is 35.7 Å². The second-order valence-electron chi connectivity index (χ2n) is 9.02. The van der Waals surface area contributed by atoms with Crippen molar-refractivity contribution in [2.24, 2.45) is 5.10 Å². The summed E-state index contributed by atoms with van der Waals surface area (Å²) in [6, 6.07) is 14.1. The maximum absolute atomic E-state index is 13.5. The van der Waals surface area contributed by atoms with Crippen molar-refractivity contribution in [2.45, 2.75) is 52.4 Å². The number of methoxy groups -OCH3 is 1. The van der Waals surface area contributed by atoms with Gasteiger partial charge in [-0.25, -0.2) is 5.01 Å². The topological polar surface area (TPSA) is 54.4 Å². The van der Waals surface area contributed by atoms with Gasteiger partial charge in [0.15, 0.2) is 0 Å². The number of hydrazone groups is 1. The van der Waals surface area contributed by atoms with Crippen LogP contribution < -0.4 is 4.74 Å². The van der Waals surface area contributed by atoms with Crippen LogP contribution in [0.2, 0.25) is 0 Å². The zero-order valence-electron chi connectivity index (χ0n) is 19.7. The number of morpholine rings is 1. The number of hydrogen-bond acceptors (Lipinski definition) is 5. The molecule has 4 rings (SSSR count). The molecule has 2 heterocycles. The van der Waals surface area contributed by atoms with Crippen molar-refractivity contribution < 1.29 is 14.3 Å². The molecule has 0 aliphatic carbocycles. The molecule has 3 atom stereocenters. The van der Waals surface area contributed by atoms with Crippen molar-refractivity contribution in [1.82, 2.24) is 9.91 Å². The summed E-state index contributed by atoms with van der Waals surface area (Å²) < 4.78 is 11.5. The number of rotatable bonds is 5. The monoisotopic (exact) mass is 435 g/mol. The first-order valence-corrected chi connectivity index (χ1v) is 11.3. The van der Waals surface area contributed by atoms with E-state index in [1.807, 2.05) is 24.3 Å². The molecular formula is C26H33N3O3. The number of carbonyl (C=O) groups excluding carboxylic acids is 1. The van der Waals surface area contributed by atoms with Gasteiger partial charge in [0.05, 0.1) is 37.6 Å². The lowest BCUT2D eigenvalue weighted by atomic mass is 9.95. The van der Waals surface area contributed by atoms with Gasteiger partial charge in [0.25, 0.3) is 5.91 Å². The molecule has 6 heteroatoms. The number of ether oxygens (including phenoxy) is 2. The summed E-state index contributed by atoms with van der Waals surface area (Å²) in [6.45, 7) is 10.1. The summed E-state index contributed by atoms with van der Waals surface area (Å²) in [5.41, 5.74) is 5.41. The van der Waals surface area contributed by atoms with E-state index in [1.165, 1.54) is 11.1 Å². The Kier molecular flexibility index (Phi) is 6.63. The van der Waals surface area contributed by atoms with Gasteiger partial charge in [0, 0.05) is 30.6 Å². The highest BCUT2D eigenvalue weighted by Gasteiger charge is 2.36. The molecule has 0 spiro atoms. The van der Waals surface area contributed by atoms with Gasteiger partial charge in [-0.15, -0.1) is 0 Å². The van der Waals surface area contributed by atoms with Crippen LogP contribution in [-0.2, 0) is 9.53 Å². The Hall–Kier alpha value is -2.70.